The summed E-state index contributed by atoms with van der Waals surface area (Å²) in [7, 11) is -0.591. The van der Waals surface area contributed by atoms with Crippen LogP contribution in [-0.4, -0.2) is 39.5 Å². The minimum absolute atomic E-state index is 0.278. The molecular formula is C32H32ClNO4S. The van der Waals surface area contributed by atoms with Gasteiger partial charge in [0.15, 0.2) is 11.5 Å². The molecule has 0 aromatic heterocycles. The van der Waals surface area contributed by atoms with Gasteiger partial charge in [0.1, 0.15) is 0 Å². The van der Waals surface area contributed by atoms with Crippen molar-refractivity contribution < 1.29 is 17.9 Å². The number of nitrogens with zero attached hydrogens (tertiary/aromatic N) is 1. The zero-order valence-corrected chi connectivity index (χ0v) is 23.9. The highest BCUT2D eigenvalue weighted by molar-refractivity contribution is 7.89. The minimum Gasteiger partial charge on any atom is -0.493 e. The second-order valence-electron chi connectivity index (χ2n) is 9.87. The third kappa shape index (κ3) is 5.55. The molecule has 7 heteroatoms. The number of fused-ring (bicyclic) bond motifs is 1. The summed E-state index contributed by atoms with van der Waals surface area (Å²) in [5.74, 6) is 0.962. The van der Waals surface area contributed by atoms with Crippen molar-refractivity contribution >= 4 is 21.6 Å². The Morgan fingerprint density at radius 2 is 1.51 bits per heavy atom. The molecule has 1 aliphatic heterocycles. The number of halogens is 1. The quantitative estimate of drug-likeness (QED) is 0.253. The second-order valence-corrected chi connectivity index (χ2v) is 12.2. The van der Waals surface area contributed by atoms with Crippen molar-refractivity contribution in [1.82, 2.24) is 4.31 Å². The standard InChI is InChI=1S/C32H32ClNO4S/c1-22-9-15-27(16-10-22)39(35,36)34-18-17-25-20-30(37-2)31(38-3)21-28(25)32(24-11-13-26(33)14-12-24)29(34)19-23-7-5-4-6-8-23/h4-16,20-21,29,32H,17-19H2,1-3H3/t29-,32+/m0/s1. The monoisotopic (exact) mass is 561 g/mol. The Labute approximate surface area is 236 Å². The Morgan fingerprint density at radius 3 is 2.15 bits per heavy atom. The number of hydrogen-bond donors (Lipinski definition) is 0. The van der Waals surface area contributed by atoms with E-state index in [2.05, 4.69) is 12.1 Å². The lowest BCUT2D eigenvalue weighted by Crippen LogP contribution is -2.45. The predicted molar refractivity (Wildman–Crippen MR) is 156 cm³/mol. The molecule has 0 aliphatic carbocycles. The molecular weight excluding hydrogens is 530 g/mol. The highest BCUT2D eigenvalue weighted by Crippen LogP contribution is 2.43. The van der Waals surface area contributed by atoms with E-state index in [1.807, 2.05) is 73.7 Å². The van der Waals surface area contributed by atoms with E-state index in [9.17, 15) is 8.42 Å². The van der Waals surface area contributed by atoms with E-state index >= 15 is 0 Å². The summed E-state index contributed by atoms with van der Waals surface area (Å²) in [6.45, 7) is 2.29. The molecule has 5 rings (SSSR count). The fraction of sp³-hybridized carbons (Fsp3) is 0.250. The van der Waals surface area contributed by atoms with Crippen LogP contribution in [0, 0.1) is 6.92 Å². The highest BCUT2D eigenvalue weighted by atomic mass is 35.5. The van der Waals surface area contributed by atoms with E-state index in [0.717, 1.165) is 27.8 Å². The summed E-state index contributed by atoms with van der Waals surface area (Å²) in [5.41, 5.74) is 5.12. The Morgan fingerprint density at radius 1 is 0.872 bits per heavy atom. The molecule has 0 bridgehead atoms. The molecule has 1 heterocycles. The van der Waals surface area contributed by atoms with Crippen LogP contribution in [0.15, 0.2) is 95.9 Å². The van der Waals surface area contributed by atoms with Gasteiger partial charge in [0.25, 0.3) is 0 Å². The zero-order valence-electron chi connectivity index (χ0n) is 22.3. The van der Waals surface area contributed by atoms with Crippen LogP contribution in [-0.2, 0) is 22.9 Å². The van der Waals surface area contributed by atoms with Crippen LogP contribution < -0.4 is 9.47 Å². The van der Waals surface area contributed by atoms with Gasteiger partial charge in [0.2, 0.25) is 10.0 Å². The first-order valence-electron chi connectivity index (χ1n) is 12.9. The van der Waals surface area contributed by atoms with Gasteiger partial charge in [-0.1, -0.05) is 71.8 Å². The molecule has 0 N–H and O–H groups in total. The van der Waals surface area contributed by atoms with E-state index in [1.54, 1.807) is 30.7 Å². The lowest BCUT2D eigenvalue weighted by molar-refractivity contribution is 0.304. The van der Waals surface area contributed by atoms with Gasteiger partial charge in [-0.15, -0.1) is 0 Å². The summed E-state index contributed by atoms with van der Waals surface area (Å²) in [6.07, 6.45) is 1.07. The van der Waals surface area contributed by atoms with Crippen LogP contribution in [0.4, 0.5) is 0 Å². The number of aryl methyl sites for hydroxylation is 1. The summed E-state index contributed by atoms with van der Waals surface area (Å²) in [6, 6.07) is 28.4. The molecule has 0 unspecified atom stereocenters. The summed E-state index contributed by atoms with van der Waals surface area (Å²) in [4.78, 5) is 0.294. The zero-order chi connectivity index (χ0) is 27.6. The van der Waals surface area contributed by atoms with Crippen LogP contribution in [0.25, 0.3) is 0 Å². The van der Waals surface area contributed by atoms with Crippen molar-refractivity contribution in [3.63, 3.8) is 0 Å². The van der Waals surface area contributed by atoms with Crippen molar-refractivity contribution in [2.75, 3.05) is 20.8 Å². The number of methoxy groups -OCH3 is 2. The van der Waals surface area contributed by atoms with Crippen LogP contribution in [0.2, 0.25) is 5.02 Å². The first-order valence-corrected chi connectivity index (χ1v) is 14.8. The molecule has 0 spiro atoms. The molecule has 202 valence electrons. The van der Waals surface area contributed by atoms with Crippen LogP contribution in [0.5, 0.6) is 11.5 Å². The maximum atomic E-state index is 14.3. The first-order chi connectivity index (χ1) is 18.8. The first kappa shape index (κ1) is 27.3. The predicted octanol–water partition coefficient (Wildman–Crippen LogP) is 6.66. The van der Waals surface area contributed by atoms with Crippen molar-refractivity contribution in [2.24, 2.45) is 0 Å². The van der Waals surface area contributed by atoms with Gasteiger partial charge in [0.05, 0.1) is 19.1 Å². The van der Waals surface area contributed by atoms with Gasteiger partial charge in [0, 0.05) is 23.5 Å². The van der Waals surface area contributed by atoms with Gasteiger partial charge in [-0.2, -0.15) is 4.31 Å². The molecule has 4 aromatic rings. The third-order valence-electron chi connectivity index (χ3n) is 7.48. The Balaban J connectivity index is 1.75. The maximum Gasteiger partial charge on any atom is 0.243 e. The molecule has 0 saturated carbocycles. The fourth-order valence-electron chi connectivity index (χ4n) is 5.50. The molecule has 1 aliphatic rings. The van der Waals surface area contributed by atoms with Gasteiger partial charge < -0.3 is 9.47 Å². The van der Waals surface area contributed by atoms with Crippen LogP contribution >= 0.6 is 11.6 Å². The smallest absolute Gasteiger partial charge is 0.243 e. The Bertz CT molecular complexity index is 1540. The number of ether oxygens (including phenoxy) is 2. The molecule has 0 saturated heterocycles. The summed E-state index contributed by atoms with van der Waals surface area (Å²) >= 11 is 6.29. The van der Waals surface area contributed by atoms with E-state index < -0.39 is 16.1 Å². The van der Waals surface area contributed by atoms with Crippen LogP contribution in [0.1, 0.15) is 33.7 Å². The second kappa shape index (κ2) is 11.4. The molecule has 39 heavy (non-hydrogen) atoms. The number of sulfonamides is 1. The van der Waals surface area contributed by atoms with Crippen LogP contribution in [0.3, 0.4) is 0 Å². The van der Waals surface area contributed by atoms with Gasteiger partial charge >= 0.3 is 0 Å². The molecule has 2 atom stereocenters. The molecule has 0 amide bonds. The summed E-state index contributed by atoms with van der Waals surface area (Å²) < 4.78 is 41.7. The molecule has 0 fully saturated rings. The molecule has 0 radical (unpaired) electrons. The normalized spacial score (nSPS) is 17.7. The Hall–Kier alpha value is -3.32. The molecule has 5 nitrogen and oxygen atoms in total. The third-order valence-corrected chi connectivity index (χ3v) is 9.67. The minimum atomic E-state index is -3.82. The van der Waals surface area contributed by atoms with Crippen molar-refractivity contribution in [2.45, 2.75) is 36.6 Å². The lowest BCUT2D eigenvalue weighted by atomic mass is 9.81. The number of hydrogen-bond acceptors (Lipinski definition) is 4. The topological polar surface area (TPSA) is 55.8 Å². The van der Waals surface area contributed by atoms with E-state index in [0.29, 0.717) is 40.8 Å². The van der Waals surface area contributed by atoms with E-state index in [-0.39, 0.29) is 5.92 Å². The van der Waals surface area contributed by atoms with Crippen molar-refractivity contribution in [1.29, 1.82) is 0 Å². The van der Waals surface area contributed by atoms with Gasteiger partial charge in [-0.25, -0.2) is 8.42 Å². The SMILES string of the molecule is COc1cc2c(cc1OC)[C@@H](c1ccc(Cl)cc1)[C@H](Cc1ccccc1)N(S(=O)(=O)c1ccc(C)cc1)CC2. The average Bonchev–Trinajstić information content (AvgIpc) is 3.10. The summed E-state index contributed by atoms with van der Waals surface area (Å²) in [5, 5.41) is 0.628. The molecule has 4 aromatic carbocycles. The van der Waals surface area contributed by atoms with Gasteiger partial charge in [-0.05, 0) is 78.4 Å². The fourth-order valence-corrected chi connectivity index (χ4v) is 7.27. The lowest BCUT2D eigenvalue weighted by Gasteiger charge is -2.35. The van der Waals surface area contributed by atoms with Crippen molar-refractivity contribution in [3.8, 4) is 11.5 Å². The Kier molecular flexibility index (Phi) is 7.98. The average molecular weight is 562 g/mol. The highest BCUT2D eigenvalue weighted by Gasteiger charge is 2.41. The van der Waals surface area contributed by atoms with Crippen molar-refractivity contribution in [3.05, 3.63) is 124 Å². The van der Waals surface area contributed by atoms with E-state index in [4.69, 9.17) is 21.1 Å². The number of rotatable bonds is 7. The van der Waals surface area contributed by atoms with Gasteiger partial charge in [-0.3, -0.25) is 0 Å². The number of benzene rings is 4. The largest absolute Gasteiger partial charge is 0.493 e. The van der Waals surface area contributed by atoms with E-state index in [1.165, 1.54) is 0 Å². The maximum absolute atomic E-state index is 14.3.